The molecule has 0 bridgehead atoms. The van der Waals surface area contributed by atoms with Crippen molar-refractivity contribution in [3.8, 4) is 0 Å². The van der Waals surface area contributed by atoms with E-state index in [2.05, 4.69) is 4.98 Å². The molecular formula is C22H24N4O4S. The highest BCUT2D eigenvalue weighted by molar-refractivity contribution is 7.92. The second-order valence-electron chi connectivity index (χ2n) is 6.95. The summed E-state index contributed by atoms with van der Waals surface area (Å²) in [7, 11) is -2.26. The van der Waals surface area contributed by atoms with Gasteiger partial charge in [-0.25, -0.2) is 8.42 Å². The van der Waals surface area contributed by atoms with Gasteiger partial charge in [0.2, 0.25) is 0 Å². The summed E-state index contributed by atoms with van der Waals surface area (Å²) in [6.45, 7) is 3.79. The quantitative estimate of drug-likeness (QED) is 0.380. The van der Waals surface area contributed by atoms with Crippen molar-refractivity contribution in [1.29, 1.82) is 0 Å². The van der Waals surface area contributed by atoms with Crippen LogP contribution in [0.3, 0.4) is 0 Å². The van der Waals surface area contributed by atoms with Crippen LogP contribution in [0.2, 0.25) is 0 Å². The van der Waals surface area contributed by atoms with Crippen LogP contribution in [0.1, 0.15) is 25.6 Å². The zero-order valence-corrected chi connectivity index (χ0v) is 18.4. The summed E-state index contributed by atoms with van der Waals surface area (Å²) in [4.78, 5) is 17.2. The SMILES string of the molecule is CCN(c1ccccc1)S(=O)(=O)c1ccc(N(C)C(C)c2ccccn2)c([N+](=O)[O-])c1. The van der Waals surface area contributed by atoms with Gasteiger partial charge in [-0.1, -0.05) is 24.3 Å². The molecule has 0 aliphatic heterocycles. The van der Waals surface area contributed by atoms with Gasteiger partial charge in [0.1, 0.15) is 5.69 Å². The molecule has 3 rings (SSSR count). The van der Waals surface area contributed by atoms with Gasteiger partial charge in [0, 0.05) is 25.9 Å². The van der Waals surface area contributed by atoms with E-state index in [-0.39, 0.29) is 23.2 Å². The van der Waals surface area contributed by atoms with Crippen molar-refractivity contribution in [1.82, 2.24) is 4.98 Å². The van der Waals surface area contributed by atoms with E-state index in [4.69, 9.17) is 0 Å². The predicted molar refractivity (Wildman–Crippen MR) is 121 cm³/mol. The van der Waals surface area contributed by atoms with Crippen LogP contribution in [0.15, 0.2) is 77.8 Å². The molecule has 0 aliphatic carbocycles. The average molecular weight is 441 g/mol. The second kappa shape index (κ2) is 9.13. The normalized spacial score (nSPS) is 12.2. The number of aromatic nitrogens is 1. The molecule has 9 heteroatoms. The van der Waals surface area contributed by atoms with Crippen LogP contribution in [0.4, 0.5) is 17.1 Å². The molecule has 1 atom stereocenters. The molecule has 1 aromatic heterocycles. The van der Waals surface area contributed by atoms with Crippen LogP contribution in [0.25, 0.3) is 0 Å². The Balaban J connectivity index is 2.03. The Kier molecular flexibility index (Phi) is 6.55. The monoisotopic (exact) mass is 440 g/mol. The van der Waals surface area contributed by atoms with E-state index >= 15 is 0 Å². The number of hydrogen-bond acceptors (Lipinski definition) is 6. The summed E-state index contributed by atoms with van der Waals surface area (Å²) >= 11 is 0. The lowest BCUT2D eigenvalue weighted by molar-refractivity contribution is -0.384. The number of anilines is 2. The van der Waals surface area contributed by atoms with Gasteiger partial charge in [-0.2, -0.15) is 0 Å². The summed E-state index contributed by atoms with van der Waals surface area (Å²) in [5.74, 6) is 0. The minimum Gasteiger partial charge on any atom is -0.361 e. The number of para-hydroxylation sites is 1. The molecule has 0 radical (unpaired) electrons. The maximum absolute atomic E-state index is 13.3. The number of rotatable bonds is 8. The lowest BCUT2D eigenvalue weighted by atomic mass is 10.1. The number of pyridine rings is 1. The molecule has 0 spiro atoms. The summed E-state index contributed by atoms with van der Waals surface area (Å²) in [6.07, 6.45) is 1.66. The first-order valence-electron chi connectivity index (χ1n) is 9.77. The summed E-state index contributed by atoms with van der Waals surface area (Å²) in [6, 6.07) is 17.9. The van der Waals surface area contributed by atoms with Gasteiger partial charge in [0.05, 0.1) is 27.2 Å². The molecule has 31 heavy (non-hydrogen) atoms. The number of nitro benzene ring substituents is 1. The molecule has 0 N–H and O–H groups in total. The minimum atomic E-state index is -3.98. The molecule has 0 fully saturated rings. The molecule has 2 aromatic carbocycles. The highest BCUT2D eigenvalue weighted by Gasteiger charge is 2.29. The van der Waals surface area contributed by atoms with Crippen LogP contribution in [0.5, 0.6) is 0 Å². The Morgan fingerprint density at radius 3 is 2.32 bits per heavy atom. The summed E-state index contributed by atoms with van der Waals surface area (Å²) in [5.41, 5.74) is 1.27. The largest absolute Gasteiger partial charge is 0.361 e. The molecule has 0 saturated heterocycles. The Bertz CT molecular complexity index is 1150. The first-order valence-corrected chi connectivity index (χ1v) is 11.2. The molecular weight excluding hydrogens is 416 g/mol. The van der Waals surface area contributed by atoms with E-state index in [1.54, 1.807) is 61.5 Å². The van der Waals surface area contributed by atoms with Crippen LogP contribution < -0.4 is 9.21 Å². The minimum absolute atomic E-state index is 0.132. The van der Waals surface area contributed by atoms with Crippen LogP contribution >= 0.6 is 0 Å². The first-order chi connectivity index (χ1) is 14.8. The van der Waals surface area contributed by atoms with Crippen molar-refractivity contribution in [2.45, 2.75) is 24.8 Å². The fourth-order valence-corrected chi connectivity index (χ4v) is 4.85. The number of nitro groups is 1. The zero-order chi connectivity index (χ0) is 22.6. The fourth-order valence-electron chi connectivity index (χ4n) is 3.35. The molecule has 3 aromatic rings. The third kappa shape index (κ3) is 4.51. The highest BCUT2D eigenvalue weighted by Crippen LogP contribution is 2.35. The van der Waals surface area contributed by atoms with Gasteiger partial charge in [-0.15, -0.1) is 0 Å². The fraction of sp³-hybridized carbons (Fsp3) is 0.227. The lowest BCUT2D eigenvalue weighted by Crippen LogP contribution is -2.31. The lowest BCUT2D eigenvalue weighted by Gasteiger charge is -2.27. The van der Waals surface area contributed by atoms with Crippen molar-refractivity contribution >= 4 is 27.1 Å². The number of sulfonamides is 1. The molecule has 162 valence electrons. The van der Waals surface area contributed by atoms with Gasteiger partial charge in [0.25, 0.3) is 15.7 Å². The van der Waals surface area contributed by atoms with E-state index in [0.717, 1.165) is 11.8 Å². The van der Waals surface area contributed by atoms with Crippen LogP contribution in [-0.2, 0) is 10.0 Å². The summed E-state index contributed by atoms with van der Waals surface area (Å²) < 4.78 is 27.7. The zero-order valence-electron chi connectivity index (χ0n) is 17.5. The third-order valence-corrected chi connectivity index (χ3v) is 7.04. The first kappa shape index (κ1) is 22.2. The van der Waals surface area contributed by atoms with E-state index in [9.17, 15) is 18.5 Å². The maximum Gasteiger partial charge on any atom is 0.293 e. The number of hydrogen-bond donors (Lipinski definition) is 0. The van der Waals surface area contributed by atoms with Crippen molar-refractivity contribution < 1.29 is 13.3 Å². The van der Waals surface area contributed by atoms with E-state index in [1.165, 1.54) is 16.4 Å². The molecule has 0 saturated carbocycles. The van der Waals surface area contributed by atoms with Crippen LogP contribution in [0, 0.1) is 10.1 Å². The smallest absolute Gasteiger partial charge is 0.293 e. The Hall–Kier alpha value is -3.46. The average Bonchev–Trinajstić information content (AvgIpc) is 2.79. The molecule has 0 amide bonds. The van der Waals surface area contributed by atoms with Gasteiger partial charge in [-0.05, 0) is 50.2 Å². The number of nitrogens with zero attached hydrogens (tertiary/aromatic N) is 4. The Morgan fingerprint density at radius 1 is 1.06 bits per heavy atom. The van der Waals surface area contributed by atoms with Crippen molar-refractivity contribution in [3.05, 3.63) is 88.7 Å². The van der Waals surface area contributed by atoms with Crippen LogP contribution in [-0.4, -0.2) is 31.9 Å². The van der Waals surface area contributed by atoms with E-state index in [0.29, 0.717) is 11.4 Å². The molecule has 1 heterocycles. The maximum atomic E-state index is 13.3. The Morgan fingerprint density at radius 2 is 1.74 bits per heavy atom. The van der Waals surface area contributed by atoms with Gasteiger partial charge < -0.3 is 4.90 Å². The third-order valence-electron chi connectivity index (χ3n) is 5.14. The topological polar surface area (TPSA) is 96.7 Å². The Labute approximate surface area is 182 Å². The number of benzene rings is 2. The molecule has 1 unspecified atom stereocenters. The highest BCUT2D eigenvalue weighted by atomic mass is 32.2. The van der Waals surface area contributed by atoms with Crippen molar-refractivity contribution in [2.75, 3.05) is 22.8 Å². The van der Waals surface area contributed by atoms with Gasteiger partial charge >= 0.3 is 0 Å². The predicted octanol–water partition coefficient (Wildman–Crippen LogP) is 4.40. The van der Waals surface area contributed by atoms with E-state index in [1.807, 2.05) is 19.1 Å². The van der Waals surface area contributed by atoms with Gasteiger partial charge in [-0.3, -0.25) is 19.4 Å². The van der Waals surface area contributed by atoms with Crippen molar-refractivity contribution in [3.63, 3.8) is 0 Å². The van der Waals surface area contributed by atoms with Crippen molar-refractivity contribution in [2.24, 2.45) is 0 Å². The van der Waals surface area contributed by atoms with Gasteiger partial charge in [0.15, 0.2) is 0 Å². The molecule has 0 aliphatic rings. The summed E-state index contributed by atoms with van der Waals surface area (Å²) in [5, 5.41) is 11.8. The standard InChI is InChI=1S/C22H24N4O4S/c1-4-25(18-10-6-5-7-11-18)31(29,30)19-13-14-21(22(16-19)26(27)28)24(3)17(2)20-12-8-9-15-23-20/h5-17H,4H2,1-3H3. The molecule has 8 nitrogen and oxygen atoms in total. The second-order valence-corrected chi connectivity index (χ2v) is 8.82. The van der Waals surface area contributed by atoms with E-state index < -0.39 is 14.9 Å².